The minimum atomic E-state index is 0.858. The third-order valence-corrected chi connectivity index (χ3v) is 48.3. The fraction of sp³-hybridized carbons (Fsp3) is 1.00. The van der Waals surface area contributed by atoms with Gasteiger partial charge in [0, 0.05) is 0 Å². The topological polar surface area (TPSA) is 0 Å². The molecule has 0 aromatic carbocycles. The summed E-state index contributed by atoms with van der Waals surface area (Å²) in [5, 5.41) is 0. The van der Waals surface area contributed by atoms with E-state index in [0.717, 1.165) is 87.3 Å². The van der Waals surface area contributed by atoms with E-state index < -0.39 is 0 Å². The summed E-state index contributed by atoms with van der Waals surface area (Å²) in [7, 11) is 0. The fourth-order valence-electron chi connectivity index (χ4n) is 40.2. The molecule has 18 unspecified atom stereocenters. The molecule has 35 aliphatic rings. The standard InChI is InChI=1S/C22H36.C18H30.C11H20.C10H18.2C9H16.3C8H14.2C7H12.C6H10.C5H8/c1-3-7-17-15(5-1)9-11-21-19(17)13-14-20-18-8-4-2-6-16(18)10-12-22(20)21;1-3-7-15-13(5-1)9-11-18-16-8-4-2-6-14(16)10-12-17(15)18;1-3-7-11(8-4-1)9-5-2-6-10-11;1-2-6-10(7-3-1)8-4-5-9-10;1-3-8-5-2-6-9(4-1)7-8;1-2-4-9-6-5-8(3-1)7-9;1-2-7-4-5-8(3-1)6-7;1-2-4-8-5-7(3-1)6-8;1-2-4-8(5-3-1)6-7-8;1-2-7-4-3-6(1)5-7;1-2-6-4-7(3-1)5-6;1-2-6-3-5(1)4-6;1-4-2-5(1)3-4/h15-22H,1-14H2;13-18H,1-12H2;1-10H2;1-9H2;2*8-9H,1-7H2;2*7-8H,1-6H2;1-7H2;2*6-7H,1-5H2;5-6H,1-4H2;4-5H,1-3H2. The zero-order chi connectivity index (χ0) is 86.0. The first kappa shape index (κ1) is 96.9. The van der Waals surface area contributed by atoms with E-state index in [1.165, 1.54) is 248 Å². The monoisotopic (exact) mass is 1760 g/mol. The van der Waals surface area contributed by atoms with Crippen LogP contribution in [0.1, 0.15) is 610 Å². The summed E-state index contributed by atoms with van der Waals surface area (Å²) < 4.78 is 0. The van der Waals surface area contributed by atoms with Gasteiger partial charge < -0.3 is 0 Å². The zero-order valence-electron chi connectivity index (χ0n) is 86.0. The molecule has 16 bridgehead atoms. The van der Waals surface area contributed by atoms with Crippen LogP contribution in [0.5, 0.6) is 0 Å². The Kier molecular flexibility index (Phi) is 37.0. The van der Waals surface area contributed by atoms with E-state index in [2.05, 4.69) is 0 Å². The van der Waals surface area contributed by atoms with Crippen LogP contribution < -0.4 is 0 Å². The second-order valence-electron chi connectivity index (χ2n) is 56.3. The van der Waals surface area contributed by atoms with Crippen molar-refractivity contribution in [2.75, 3.05) is 0 Å². The lowest BCUT2D eigenvalue weighted by Crippen LogP contribution is -2.49. The van der Waals surface area contributed by atoms with Gasteiger partial charge in [0.15, 0.2) is 0 Å². The number of hydrogen-bond donors (Lipinski definition) is 0. The van der Waals surface area contributed by atoms with Gasteiger partial charge in [-0.3, -0.25) is 0 Å². The van der Waals surface area contributed by atoms with Crippen molar-refractivity contribution in [2.24, 2.45) is 194 Å². The molecular formula is C128H220. The van der Waals surface area contributed by atoms with Crippen LogP contribution in [0.3, 0.4) is 0 Å². The highest BCUT2D eigenvalue weighted by Gasteiger charge is 2.54. The van der Waals surface area contributed by atoms with Gasteiger partial charge >= 0.3 is 0 Å². The summed E-state index contributed by atoms with van der Waals surface area (Å²) in [6, 6.07) is 0. The van der Waals surface area contributed by atoms with E-state index >= 15 is 0 Å². The van der Waals surface area contributed by atoms with E-state index in [9.17, 15) is 0 Å². The summed E-state index contributed by atoms with van der Waals surface area (Å²) in [5.74, 6) is 35.0. The third-order valence-electron chi connectivity index (χ3n) is 48.3. The van der Waals surface area contributed by atoms with Crippen LogP contribution in [0.25, 0.3) is 0 Å². The Labute approximate surface area is 798 Å². The van der Waals surface area contributed by atoms with Crippen LogP contribution in [0, 0.1) is 194 Å². The van der Waals surface area contributed by atoms with Crippen LogP contribution in [0.2, 0.25) is 0 Å². The molecule has 0 aromatic rings. The van der Waals surface area contributed by atoms with Gasteiger partial charge in [-0.15, -0.1) is 0 Å². The molecule has 0 aromatic heterocycles. The first-order valence-corrected chi connectivity index (χ1v) is 63.2. The molecular weight excluding hydrogens is 1540 g/mol. The van der Waals surface area contributed by atoms with E-state index in [0.29, 0.717) is 0 Å². The van der Waals surface area contributed by atoms with Crippen molar-refractivity contribution in [3.8, 4) is 0 Å². The Bertz CT molecular complexity index is 2830. The smallest absolute Gasteiger partial charge is 0.0297 e. The van der Waals surface area contributed by atoms with Crippen LogP contribution in [-0.4, -0.2) is 0 Å². The third kappa shape index (κ3) is 27.0. The molecule has 0 aliphatic heterocycles. The lowest BCUT2D eigenvalue weighted by Gasteiger charge is -2.57. The molecule has 0 heterocycles. The molecule has 35 saturated carbocycles. The van der Waals surface area contributed by atoms with Crippen LogP contribution in [-0.2, 0) is 0 Å². The highest BCUT2D eigenvalue weighted by Crippen LogP contribution is 2.64. The molecule has 0 amide bonds. The predicted molar refractivity (Wildman–Crippen MR) is 551 cm³/mol. The molecule has 0 heteroatoms. The van der Waals surface area contributed by atoms with Crippen LogP contribution in [0.15, 0.2) is 0 Å². The summed E-state index contributed by atoms with van der Waals surface area (Å²) in [5.41, 5.74) is 2.66. The van der Waals surface area contributed by atoms with Crippen molar-refractivity contribution >= 4 is 0 Å². The predicted octanol–water partition coefficient (Wildman–Crippen LogP) is 40.7. The average Bonchev–Trinajstić information content (AvgIpc) is 0.989. The lowest BCUT2D eigenvalue weighted by atomic mass is 9.48. The van der Waals surface area contributed by atoms with Gasteiger partial charge in [-0.25, -0.2) is 0 Å². The largest absolute Gasteiger partial charge is 0.0533 e. The maximum Gasteiger partial charge on any atom is -0.0297 e. The van der Waals surface area contributed by atoms with Crippen molar-refractivity contribution in [1.29, 1.82) is 0 Å². The number of hydrogen-bond acceptors (Lipinski definition) is 0. The van der Waals surface area contributed by atoms with E-state index in [4.69, 9.17) is 0 Å². The average molecular weight is 1760 g/mol. The molecule has 0 radical (unpaired) electrons. The van der Waals surface area contributed by atoms with Crippen molar-refractivity contribution in [2.45, 2.75) is 610 Å². The zero-order valence-corrected chi connectivity index (χ0v) is 86.0. The molecule has 0 N–H and O–H groups in total. The fourth-order valence-corrected chi connectivity index (χ4v) is 40.2. The molecule has 18 atom stereocenters. The maximum absolute atomic E-state index is 1.64. The van der Waals surface area contributed by atoms with E-state index in [-0.39, 0.29) is 0 Å². The Hall–Kier alpha value is 0. The number of fused-ring (bicyclic) bond motifs is 26. The Morgan fingerprint density at radius 3 is 0.453 bits per heavy atom. The highest BCUT2D eigenvalue weighted by atomic mass is 14.6. The second-order valence-corrected chi connectivity index (χ2v) is 56.3. The van der Waals surface area contributed by atoms with Crippen molar-refractivity contribution in [1.82, 2.24) is 0 Å². The second kappa shape index (κ2) is 48.9. The summed E-state index contributed by atoms with van der Waals surface area (Å²) >= 11 is 0. The quantitative estimate of drug-likeness (QED) is 0.227. The number of rotatable bonds is 0. The summed E-state index contributed by atoms with van der Waals surface area (Å²) in [4.78, 5) is 0. The molecule has 35 rings (SSSR count). The van der Waals surface area contributed by atoms with Gasteiger partial charge in [-0.1, -0.05) is 360 Å². The molecule has 35 fully saturated rings. The van der Waals surface area contributed by atoms with E-state index in [1.807, 2.05) is 0 Å². The summed E-state index contributed by atoms with van der Waals surface area (Å²) in [6.45, 7) is 0. The Morgan fingerprint density at radius 1 is 0.0859 bits per heavy atom. The molecule has 0 saturated heterocycles. The summed E-state index contributed by atoms with van der Waals surface area (Å²) in [6.07, 6.45) is 149. The van der Waals surface area contributed by atoms with Gasteiger partial charge in [0.05, 0.1) is 0 Å². The Morgan fingerprint density at radius 2 is 0.234 bits per heavy atom. The van der Waals surface area contributed by atoms with Gasteiger partial charge in [0.2, 0.25) is 0 Å². The SMILES string of the molecule is C1C2CC1C2.C1CC2CC(C1)C2.C1CC2CC1C2.C1CC2CCC(C1)C2.C1CC2CCC1C2.C1CC2CCCC(C1)C2.C1CCC2(CC1)CC2.C1CCC2(CC1)CCCC2.C1CCC2(CC1)CCCCC2.C1CCC2C(C1)CCC1C2CCC2C3CCCCC3CCC21.C1CCC2C(C1)CCC1C3CCCCC3CCC21.C1CCC2CC(C1)C2.C1CCC2CCC(C1)C2. The minimum Gasteiger partial charge on any atom is -0.0533 e. The van der Waals surface area contributed by atoms with Crippen LogP contribution in [0.4, 0.5) is 0 Å². The molecule has 0 nitrogen and oxygen atoms in total. The van der Waals surface area contributed by atoms with Crippen molar-refractivity contribution in [3.05, 3.63) is 0 Å². The van der Waals surface area contributed by atoms with Gasteiger partial charge in [0.25, 0.3) is 0 Å². The van der Waals surface area contributed by atoms with Gasteiger partial charge in [0.1, 0.15) is 0 Å². The van der Waals surface area contributed by atoms with Gasteiger partial charge in [-0.2, -0.15) is 0 Å². The molecule has 732 valence electrons. The first-order valence-electron chi connectivity index (χ1n) is 63.2. The lowest BCUT2D eigenvalue weighted by molar-refractivity contribution is -0.0786. The Balaban J connectivity index is 0.0000000922. The van der Waals surface area contributed by atoms with Gasteiger partial charge in [-0.05, 0) is 444 Å². The van der Waals surface area contributed by atoms with Crippen molar-refractivity contribution in [3.63, 3.8) is 0 Å². The normalized spacial score (nSPS) is 45.4. The van der Waals surface area contributed by atoms with Crippen LogP contribution >= 0.6 is 0 Å². The maximum atomic E-state index is 1.64. The molecule has 128 heavy (non-hydrogen) atoms. The minimum absolute atomic E-state index is 0.858. The molecule has 35 aliphatic carbocycles. The van der Waals surface area contributed by atoms with E-state index in [1.54, 1.807) is 469 Å². The highest BCUT2D eigenvalue weighted by molar-refractivity contribution is 5.04. The van der Waals surface area contributed by atoms with Crippen molar-refractivity contribution < 1.29 is 0 Å². The first-order chi connectivity index (χ1) is 63.2. The molecule has 3 spiro atoms.